The molecule has 4 rings (SSSR count). The molecule has 0 bridgehead atoms. The number of aryl methyl sites for hydroxylation is 2. The summed E-state index contributed by atoms with van der Waals surface area (Å²) in [6.07, 6.45) is 1.49. The molecule has 0 saturated heterocycles. The molecule has 0 fully saturated rings. The quantitative estimate of drug-likeness (QED) is 0.487. The van der Waals surface area contributed by atoms with Crippen molar-refractivity contribution in [2.45, 2.75) is 32.7 Å². The van der Waals surface area contributed by atoms with E-state index < -0.39 is 0 Å². The van der Waals surface area contributed by atoms with E-state index in [1.165, 1.54) is 10.5 Å². The van der Waals surface area contributed by atoms with Gasteiger partial charge in [-0.1, -0.05) is 5.16 Å². The predicted octanol–water partition coefficient (Wildman–Crippen LogP) is 2.01. The minimum Gasteiger partial charge on any atom is -0.492 e. The number of rotatable bonds is 4. The van der Waals surface area contributed by atoms with Crippen molar-refractivity contribution in [1.29, 1.82) is 0 Å². The van der Waals surface area contributed by atoms with Crippen LogP contribution in [0.2, 0.25) is 0 Å². The Morgan fingerprint density at radius 1 is 1.33 bits per heavy atom. The van der Waals surface area contributed by atoms with Gasteiger partial charge < -0.3 is 28.7 Å². The molecule has 7 nitrogen and oxygen atoms in total. The molecule has 2 aliphatic heterocycles. The van der Waals surface area contributed by atoms with Gasteiger partial charge in [0.05, 0.1) is 38.4 Å². The Hall–Kier alpha value is -2.67. The SMILES string of the molecule is COc1c2c(cc3c1[C@H](CC(=NO)c1cc(C)oc1C)[NH+](C)CC3)OCO2. The van der Waals surface area contributed by atoms with E-state index >= 15 is 0 Å². The Morgan fingerprint density at radius 2 is 2.15 bits per heavy atom. The number of furan rings is 1. The van der Waals surface area contributed by atoms with Crippen LogP contribution in [0.1, 0.15) is 40.7 Å². The number of hydrogen-bond donors (Lipinski definition) is 2. The Balaban J connectivity index is 1.77. The van der Waals surface area contributed by atoms with Gasteiger partial charge in [0.2, 0.25) is 12.5 Å². The Bertz CT molecular complexity index is 902. The van der Waals surface area contributed by atoms with Crippen molar-refractivity contribution in [3.63, 3.8) is 0 Å². The zero-order valence-electron chi connectivity index (χ0n) is 16.1. The molecule has 1 unspecified atom stereocenters. The van der Waals surface area contributed by atoms with E-state index in [4.69, 9.17) is 18.6 Å². The third kappa shape index (κ3) is 2.92. The molecule has 0 aliphatic carbocycles. The number of oxime groups is 1. The predicted molar refractivity (Wildman–Crippen MR) is 98.4 cm³/mol. The maximum absolute atomic E-state index is 9.72. The maximum atomic E-state index is 9.72. The zero-order chi connectivity index (χ0) is 19.1. The van der Waals surface area contributed by atoms with Crippen molar-refractivity contribution >= 4 is 5.71 Å². The third-order valence-corrected chi connectivity index (χ3v) is 5.55. The molecule has 144 valence electrons. The molecular weight excluding hydrogens is 348 g/mol. The highest BCUT2D eigenvalue weighted by Crippen LogP contribution is 2.48. The second kappa shape index (κ2) is 6.81. The summed E-state index contributed by atoms with van der Waals surface area (Å²) in [6, 6.07) is 4.04. The van der Waals surface area contributed by atoms with Gasteiger partial charge in [0.15, 0.2) is 11.5 Å². The average Bonchev–Trinajstić information content (AvgIpc) is 3.25. The first-order valence-corrected chi connectivity index (χ1v) is 9.13. The lowest BCUT2D eigenvalue weighted by atomic mass is 9.87. The fourth-order valence-electron chi connectivity index (χ4n) is 4.21. The van der Waals surface area contributed by atoms with Crippen LogP contribution in [0.4, 0.5) is 0 Å². The van der Waals surface area contributed by atoms with E-state index in [-0.39, 0.29) is 12.8 Å². The molecule has 27 heavy (non-hydrogen) atoms. The summed E-state index contributed by atoms with van der Waals surface area (Å²) in [7, 11) is 3.81. The molecule has 0 spiro atoms. The molecule has 1 aromatic heterocycles. The summed E-state index contributed by atoms with van der Waals surface area (Å²) in [5, 5.41) is 13.3. The van der Waals surface area contributed by atoms with Gasteiger partial charge in [0, 0.05) is 12.0 Å². The summed E-state index contributed by atoms with van der Waals surface area (Å²) >= 11 is 0. The van der Waals surface area contributed by atoms with Crippen LogP contribution in [0.3, 0.4) is 0 Å². The summed E-state index contributed by atoms with van der Waals surface area (Å²) in [6.45, 7) is 4.96. The van der Waals surface area contributed by atoms with Crippen molar-refractivity contribution in [1.82, 2.24) is 0 Å². The molecule has 7 heteroatoms. The molecule has 0 radical (unpaired) electrons. The highest BCUT2D eigenvalue weighted by Gasteiger charge is 2.37. The van der Waals surface area contributed by atoms with Gasteiger partial charge in [-0.2, -0.15) is 0 Å². The van der Waals surface area contributed by atoms with E-state index in [1.54, 1.807) is 7.11 Å². The number of fused-ring (bicyclic) bond motifs is 2. The maximum Gasteiger partial charge on any atom is 0.231 e. The second-order valence-corrected chi connectivity index (χ2v) is 7.19. The molecular formula is C20H25N2O5+. The van der Waals surface area contributed by atoms with Gasteiger partial charge >= 0.3 is 0 Å². The largest absolute Gasteiger partial charge is 0.492 e. The van der Waals surface area contributed by atoms with E-state index in [0.29, 0.717) is 17.9 Å². The Labute approximate surface area is 158 Å². The second-order valence-electron chi connectivity index (χ2n) is 7.19. The van der Waals surface area contributed by atoms with Crippen LogP contribution < -0.4 is 19.1 Å². The summed E-state index contributed by atoms with van der Waals surface area (Å²) < 4.78 is 22.6. The summed E-state index contributed by atoms with van der Waals surface area (Å²) in [5.74, 6) is 3.68. The molecule has 2 aliphatic rings. The van der Waals surface area contributed by atoms with Crippen LogP contribution in [0, 0.1) is 13.8 Å². The van der Waals surface area contributed by atoms with Crippen LogP contribution in [-0.4, -0.2) is 38.4 Å². The van der Waals surface area contributed by atoms with E-state index in [2.05, 4.69) is 18.3 Å². The number of ether oxygens (including phenoxy) is 3. The van der Waals surface area contributed by atoms with E-state index in [1.807, 2.05) is 19.9 Å². The van der Waals surface area contributed by atoms with Gasteiger partial charge in [0.25, 0.3) is 0 Å². The number of hydrogen-bond acceptors (Lipinski definition) is 6. The fraction of sp³-hybridized carbons (Fsp3) is 0.450. The number of benzene rings is 1. The lowest BCUT2D eigenvalue weighted by molar-refractivity contribution is -0.913. The molecule has 1 aromatic carbocycles. The molecule has 0 saturated carbocycles. The lowest BCUT2D eigenvalue weighted by Crippen LogP contribution is -3.10. The first kappa shape index (κ1) is 17.7. The van der Waals surface area contributed by atoms with Crippen LogP contribution in [0.25, 0.3) is 0 Å². The number of methoxy groups -OCH3 is 1. The topological polar surface area (TPSA) is 77.9 Å². The number of quaternary nitrogens is 1. The van der Waals surface area contributed by atoms with Crippen LogP contribution in [0.5, 0.6) is 17.2 Å². The minimum atomic E-state index is 0.0682. The van der Waals surface area contributed by atoms with Crippen LogP contribution in [0.15, 0.2) is 21.7 Å². The molecule has 3 heterocycles. The monoisotopic (exact) mass is 373 g/mol. The van der Waals surface area contributed by atoms with Crippen molar-refractivity contribution in [2.75, 3.05) is 27.5 Å². The minimum absolute atomic E-state index is 0.0682. The Kier molecular flexibility index (Phi) is 4.47. The van der Waals surface area contributed by atoms with E-state index in [0.717, 1.165) is 47.1 Å². The van der Waals surface area contributed by atoms with Gasteiger partial charge in [-0.15, -0.1) is 0 Å². The fourth-order valence-corrected chi connectivity index (χ4v) is 4.21. The van der Waals surface area contributed by atoms with Crippen molar-refractivity contribution in [3.05, 3.63) is 40.3 Å². The number of likely N-dealkylation sites (N-methyl/N-ethyl adjacent to an activating group) is 1. The normalized spacial score (nSPS) is 21.3. The van der Waals surface area contributed by atoms with Gasteiger partial charge in [-0.25, -0.2) is 0 Å². The summed E-state index contributed by atoms with van der Waals surface area (Å²) in [4.78, 5) is 1.33. The lowest BCUT2D eigenvalue weighted by Gasteiger charge is -2.33. The van der Waals surface area contributed by atoms with Gasteiger partial charge in [0.1, 0.15) is 17.6 Å². The van der Waals surface area contributed by atoms with Crippen molar-refractivity contribution in [2.24, 2.45) is 5.16 Å². The number of nitrogens with zero attached hydrogens (tertiary/aromatic N) is 1. The Morgan fingerprint density at radius 3 is 2.81 bits per heavy atom. The molecule has 0 amide bonds. The highest BCUT2D eigenvalue weighted by atomic mass is 16.7. The first-order valence-electron chi connectivity index (χ1n) is 9.13. The zero-order valence-corrected chi connectivity index (χ0v) is 16.1. The van der Waals surface area contributed by atoms with E-state index in [9.17, 15) is 5.21 Å². The average molecular weight is 373 g/mol. The smallest absolute Gasteiger partial charge is 0.231 e. The molecule has 2 N–H and O–H groups in total. The van der Waals surface area contributed by atoms with Crippen LogP contribution >= 0.6 is 0 Å². The van der Waals surface area contributed by atoms with Crippen molar-refractivity contribution < 1.29 is 28.7 Å². The molecule has 2 atom stereocenters. The summed E-state index contributed by atoms with van der Waals surface area (Å²) in [5.41, 5.74) is 3.75. The highest BCUT2D eigenvalue weighted by molar-refractivity contribution is 6.01. The van der Waals surface area contributed by atoms with Gasteiger partial charge in [-0.05, 0) is 31.5 Å². The standard InChI is InChI=1S/C20H24N2O5/c1-11-7-14(12(2)27-11)15(21-23)9-16-18-13(5-6-22(16)3)8-17-19(20(18)24-4)26-10-25-17/h7-8,16,23H,5-6,9-10H2,1-4H3/p+1/t16-/m0/s1. The van der Waals surface area contributed by atoms with Gasteiger partial charge in [-0.3, -0.25) is 0 Å². The van der Waals surface area contributed by atoms with Crippen LogP contribution in [-0.2, 0) is 6.42 Å². The third-order valence-electron chi connectivity index (χ3n) is 5.55. The molecule has 2 aromatic rings. The van der Waals surface area contributed by atoms with Crippen molar-refractivity contribution in [3.8, 4) is 17.2 Å². The number of nitrogens with one attached hydrogen (secondary N) is 1. The first-order chi connectivity index (χ1) is 13.0.